The number of carbonyl (C=O) groups excluding carboxylic acids is 3. The van der Waals surface area contributed by atoms with Crippen LogP contribution in [0, 0.1) is 5.92 Å². The second kappa shape index (κ2) is 11.4. The molecule has 4 atom stereocenters. The number of hydrogen-bond donors (Lipinski definition) is 1. The van der Waals surface area contributed by atoms with Crippen LogP contribution in [0.2, 0.25) is 5.02 Å². The van der Waals surface area contributed by atoms with Crippen molar-refractivity contribution in [3.05, 3.63) is 172 Å². The second-order valence-corrected chi connectivity index (χ2v) is 12.5. The molecule has 0 aromatic heterocycles. The normalized spacial score (nSPS) is 22.0. The number of ketones is 1. The summed E-state index contributed by atoms with van der Waals surface area (Å²) in [6.45, 7) is 0. The monoisotopic (exact) mass is 636 g/mol. The summed E-state index contributed by atoms with van der Waals surface area (Å²) >= 11 is 6.23. The third-order valence-electron chi connectivity index (χ3n) is 9.63. The zero-order valence-electron chi connectivity index (χ0n) is 25.1. The number of fused-ring (bicyclic) bond motifs is 6. The summed E-state index contributed by atoms with van der Waals surface area (Å²) in [7, 11) is 0. The van der Waals surface area contributed by atoms with Crippen LogP contribution < -0.4 is 10.2 Å². The highest BCUT2D eigenvalue weighted by molar-refractivity contribution is 6.30. The molecule has 0 aliphatic carbocycles. The first-order valence-electron chi connectivity index (χ1n) is 15.5. The Labute approximate surface area is 277 Å². The Morgan fingerprint density at radius 1 is 0.766 bits per heavy atom. The van der Waals surface area contributed by atoms with Crippen molar-refractivity contribution >= 4 is 46.7 Å². The number of anilines is 2. The fourth-order valence-corrected chi connectivity index (χ4v) is 7.78. The minimum absolute atomic E-state index is 0.331. The van der Waals surface area contributed by atoms with Crippen LogP contribution >= 0.6 is 11.6 Å². The molecule has 3 heterocycles. The lowest BCUT2D eigenvalue weighted by Gasteiger charge is -2.37. The summed E-state index contributed by atoms with van der Waals surface area (Å²) < 4.78 is 6.52. The van der Waals surface area contributed by atoms with Gasteiger partial charge in [0.05, 0.1) is 12.0 Å². The van der Waals surface area contributed by atoms with Crippen molar-refractivity contribution in [1.29, 1.82) is 0 Å². The summed E-state index contributed by atoms with van der Waals surface area (Å²) in [6.07, 6.45) is 3.18. The van der Waals surface area contributed by atoms with E-state index >= 15 is 4.79 Å². The van der Waals surface area contributed by atoms with E-state index in [4.69, 9.17) is 16.3 Å². The number of carbonyl (C=O) groups is 3. The predicted octanol–water partition coefficient (Wildman–Crippen LogP) is 7.65. The Kier molecular flexibility index (Phi) is 7.03. The summed E-state index contributed by atoms with van der Waals surface area (Å²) in [5, 5.41) is 3.54. The van der Waals surface area contributed by atoms with Gasteiger partial charge < -0.3 is 15.0 Å². The van der Waals surface area contributed by atoms with Gasteiger partial charge in [-0.25, -0.2) is 4.79 Å². The van der Waals surface area contributed by atoms with E-state index in [0.717, 1.165) is 22.4 Å². The molecule has 1 fully saturated rings. The Bertz CT molecular complexity index is 2010. The van der Waals surface area contributed by atoms with Crippen molar-refractivity contribution in [1.82, 2.24) is 0 Å². The molecule has 5 aromatic carbocycles. The molecule has 0 saturated carbocycles. The number of nitrogens with zero attached hydrogens (tertiary/aromatic N) is 1. The third kappa shape index (κ3) is 4.51. The number of esters is 1. The molecule has 8 rings (SSSR count). The van der Waals surface area contributed by atoms with Gasteiger partial charge in [-0.3, -0.25) is 9.59 Å². The predicted molar refractivity (Wildman–Crippen MR) is 182 cm³/mol. The molecule has 1 saturated heterocycles. The fraction of sp³-hybridized carbons (Fsp3) is 0.125. The fourth-order valence-electron chi connectivity index (χ4n) is 7.66. The van der Waals surface area contributed by atoms with Crippen molar-refractivity contribution in [2.45, 2.75) is 23.6 Å². The molecule has 7 heteroatoms. The zero-order valence-corrected chi connectivity index (χ0v) is 25.9. The van der Waals surface area contributed by atoms with Crippen LogP contribution in [-0.4, -0.2) is 29.7 Å². The van der Waals surface area contributed by atoms with Crippen LogP contribution in [0.5, 0.6) is 0 Å². The van der Waals surface area contributed by atoms with Gasteiger partial charge in [0.25, 0.3) is 0 Å². The zero-order chi connectivity index (χ0) is 32.1. The topological polar surface area (TPSA) is 75.7 Å². The minimum Gasteiger partial charge on any atom is -0.451 e. The van der Waals surface area contributed by atoms with Crippen LogP contribution in [0.15, 0.2) is 140 Å². The molecule has 0 bridgehead atoms. The lowest BCUT2D eigenvalue weighted by atomic mass is 9.64. The summed E-state index contributed by atoms with van der Waals surface area (Å²) in [6, 6.07) is 39.0. The molecular weight excluding hydrogens is 608 g/mol. The van der Waals surface area contributed by atoms with Crippen LogP contribution in [0.3, 0.4) is 0 Å². The van der Waals surface area contributed by atoms with E-state index < -0.39 is 35.5 Å². The first-order valence-corrected chi connectivity index (χ1v) is 15.9. The van der Waals surface area contributed by atoms with Gasteiger partial charge in [-0.15, -0.1) is 0 Å². The molecule has 0 radical (unpaired) electrons. The Morgan fingerprint density at radius 3 is 2.09 bits per heavy atom. The molecule has 1 amide bonds. The largest absolute Gasteiger partial charge is 0.451 e. The maximum absolute atomic E-state index is 15.0. The van der Waals surface area contributed by atoms with Gasteiger partial charge in [0.15, 0.2) is 11.9 Å². The average molecular weight is 637 g/mol. The van der Waals surface area contributed by atoms with Crippen LogP contribution in [-0.2, 0) is 19.7 Å². The quantitative estimate of drug-likeness (QED) is 0.153. The third-order valence-corrected chi connectivity index (χ3v) is 9.89. The van der Waals surface area contributed by atoms with Gasteiger partial charge in [0.1, 0.15) is 11.5 Å². The van der Waals surface area contributed by atoms with E-state index in [2.05, 4.69) is 5.32 Å². The first-order chi connectivity index (χ1) is 23.0. The van der Waals surface area contributed by atoms with Gasteiger partial charge in [-0.05, 0) is 58.7 Å². The summed E-state index contributed by atoms with van der Waals surface area (Å²) in [5.41, 5.74) is 3.43. The van der Waals surface area contributed by atoms with Crippen molar-refractivity contribution in [2.24, 2.45) is 5.92 Å². The van der Waals surface area contributed by atoms with Crippen molar-refractivity contribution < 1.29 is 19.1 Å². The number of amides is 1. The summed E-state index contributed by atoms with van der Waals surface area (Å²) in [5.74, 6) is -2.42. The Hall–Kier alpha value is -5.46. The molecule has 3 aliphatic rings. The van der Waals surface area contributed by atoms with Gasteiger partial charge in [0.2, 0.25) is 5.91 Å². The van der Waals surface area contributed by atoms with E-state index in [0.29, 0.717) is 21.8 Å². The van der Waals surface area contributed by atoms with Crippen LogP contribution in [0.25, 0.3) is 6.08 Å². The van der Waals surface area contributed by atoms with E-state index in [9.17, 15) is 9.59 Å². The van der Waals surface area contributed by atoms with Gasteiger partial charge in [0, 0.05) is 22.0 Å². The number of hydrogen-bond acceptors (Lipinski definition) is 5. The highest BCUT2D eigenvalue weighted by Gasteiger charge is 2.71. The van der Waals surface area contributed by atoms with E-state index in [1.54, 1.807) is 24.3 Å². The van der Waals surface area contributed by atoms with Crippen molar-refractivity contribution in [3.63, 3.8) is 0 Å². The molecule has 3 aliphatic heterocycles. The SMILES string of the molecule is O=C(OC(c1ccccc1)c1ccccc1)C1C(C(=O)c2ccc(Cl)cc2)C2(C(=O)Nc3ccccc32)C2C=Cc3ccccc3N12. The van der Waals surface area contributed by atoms with Gasteiger partial charge in [-0.1, -0.05) is 121 Å². The maximum Gasteiger partial charge on any atom is 0.330 e. The Morgan fingerprint density at radius 2 is 1.38 bits per heavy atom. The molecule has 1 N–H and O–H groups in total. The number of halogens is 1. The average Bonchev–Trinajstić information content (AvgIpc) is 3.60. The van der Waals surface area contributed by atoms with E-state index in [1.165, 1.54) is 0 Å². The number of ether oxygens (including phenoxy) is 1. The van der Waals surface area contributed by atoms with Crippen molar-refractivity contribution in [2.75, 3.05) is 10.2 Å². The van der Waals surface area contributed by atoms with E-state index in [1.807, 2.05) is 126 Å². The first kappa shape index (κ1) is 29.0. The number of para-hydroxylation sites is 2. The highest BCUT2D eigenvalue weighted by Crippen LogP contribution is 2.58. The molecule has 5 aromatic rings. The molecule has 230 valence electrons. The van der Waals surface area contributed by atoms with Crippen LogP contribution in [0.4, 0.5) is 11.4 Å². The molecule has 6 nitrogen and oxygen atoms in total. The second-order valence-electron chi connectivity index (χ2n) is 12.1. The molecule has 1 spiro atoms. The Balaban J connectivity index is 1.35. The van der Waals surface area contributed by atoms with E-state index in [-0.39, 0.29) is 11.7 Å². The number of benzene rings is 5. The van der Waals surface area contributed by atoms with Crippen LogP contribution in [0.1, 0.15) is 38.7 Å². The number of Topliss-reactive ketones (excluding diaryl/α,β-unsaturated/α-hetero) is 1. The number of nitrogens with one attached hydrogen (secondary N) is 1. The molecular formula is C40H29ClN2O4. The maximum atomic E-state index is 15.0. The molecule has 4 unspecified atom stereocenters. The minimum atomic E-state index is -1.43. The summed E-state index contributed by atoms with van der Waals surface area (Å²) in [4.78, 5) is 46.5. The van der Waals surface area contributed by atoms with Gasteiger partial charge in [-0.2, -0.15) is 0 Å². The highest BCUT2D eigenvalue weighted by atomic mass is 35.5. The van der Waals surface area contributed by atoms with Crippen molar-refractivity contribution in [3.8, 4) is 0 Å². The molecule has 47 heavy (non-hydrogen) atoms. The number of rotatable bonds is 6. The van der Waals surface area contributed by atoms with Gasteiger partial charge >= 0.3 is 5.97 Å². The standard InChI is InChI=1S/C40H29ClN2O4/c41-29-22-19-26(20-23-29)36(44)34-35(38(45)47-37(27-12-3-1-4-13-27)28-14-5-2-6-15-28)43-32-18-10-7-11-25(32)21-24-33(43)40(34)30-16-8-9-17-31(30)42-39(40)46/h1-24,33-35,37H,(H,42,46). The lowest BCUT2D eigenvalue weighted by Crippen LogP contribution is -2.51. The lowest BCUT2D eigenvalue weighted by molar-refractivity contribution is -0.150. The smallest absolute Gasteiger partial charge is 0.330 e.